The summed E-state index contributed by atoms with van der Waals surface area (Å²) in [5.41, 5.74) is 7.78. The summed E-state index contributed by atoms with van der Waals surface area (Å²) in [6.45, 7) is 2.05. The summed E-state index contributed by atoms with van der Waals surface area (Å²) in [5, 5.41) is 0.311. The van der Waals surface area contributed by atoms with Crippen LogP contribution >= 0.6 is 11.8 Å². The maximum Gasteiger partial charge on any atom is 0.286 e. The van der Waals surface area contributed by atoms with E-state index in [0.29, 0.717) is 10.1 Å². The lowest BCUT2D eigenvalue weighted by molar-refractivity contribution is -0.113. The van der Waals surface area contributed by atoms with Gasteiger partial charge in [-0.15, -0.1) is 0 Å². The quantitative estimate of drug-likeness (QED) is 0.813. The fraction of sp³-hybridized carbons (Fsp3) is 0.0769. The van der Waals surface area contributed by atoms with Crippen molar-refractivity contribution in [1.82, 2.24) is 0 Å². The second kappa shape index (κ2) is 5.01. The van der Waals surface area contributed by atoms with Crippen molar-refractivity contribution in [2.24, 2.45) is 10.7 Å². The minimum absolute atomic E-state index is 0.262. The standard InChI is InChI=1S/C13H12N2OS/c1-9-5-2-3-6-10(9)7-4-8-11-12(16)15-13(14)17-11/h2-8H,1H3,(H2,14,15,16)/b7-4+,11-8+. The summed E-state index contributed by atoms with van der Waals surface area (Å²) < 4.78 is 0. The topological polar surface area (TPSA) is 55.4 Å². The lowest BCUT2D eigenvalue weighted by Crippen LogP contribution is -2.01. The van der Waals surface area contributed by atoms with Gasteiger partial charge in [0, 0.05) is 0 Å². The number of nitrogens with two attached hydrogens (primary N) is 1. The van der Waals surface area contributed by atoms with E-state index in [1.54, 1.807) is 6.08 Å². The molecule has 0 aliphatic carbocycles. The number of aliphatic imine (C=N–C) groups is 1. The van der Waals surface area contributed by atoms with Gasteiger partial charge in [-0.3, -0.25) is 4.79 Å². The molecule has 0 saturated carbocycles. The minimum Gasteiger partial charge on any atom is -0.378 e. The summed E-state index contributed by atoms with van der Waals surface area (Å²) in [6, 6.07) is 8.05. The zero-order chi connectivity index (χ0) is 12.3. The van der Waals surface area contributed by atoms with E-state index >= 15 is 0 Å². The number of amidine groups is 1. The van der Waals surface area contributed by atoms with Gasteiger partial charge in [-0.1, -0.05) is 36.4 Å². The van der Waals surface area contributed by atoms with Crippen molar-refractivity contribution in [3.63, 3.8) is 0 Å². The first-order valence-corrected chi connectivity index (χ1v) is 5.99. The summed E-state index contributed by atoms with van der Waals surface area (Å²) in [7, 11) is 0. The molecule has 0 fully saturated rings. The molecule has 0 saturated heterocycles. The largest absolute Gasteiger partial charge is 0.378 e. The van der Waals surface area contributed by atoms with E-state index in [1.165, 1.54) is 17.3 Å². The highest BCUT2D eigenvalue weighted by molar-refractivity contribution is 8.18. The number of rotatable bonds is 2. The Morgan fingerprint density at radius 1 is 1.35 bits per heavy atom. The number of carbonyl (C=O) groups is 1. The van der Waals surface area contributed by atoms with Gasteiger partial charge in [-0.05, 0) is 35.9 Å². The molecule has 0 unspecified atom stereocenters. The first-order chi connectivity index (χ1) is 8.16. The average molecular weight is 244 g/mol. The third kappa shape index (κ3) is 2.85. The normalized spacial score (nSPS) is 18.1. The highest BCUT2D eigenvalue weighted by Crippen LogP contribution is 2.23. The molecule has 0 aromatic heterocycles. The van der Waals surface area contributed by atoms with Crippen molar-refractivity contribution in [1.29, 1.82) is 0 Å². The number of nitrogens with zero attached hydrogens (tertiary/aromatic N) is 1. The molecule has 1 aliphatic heterocycles. The van der Waals surface area contributed by atoms with Crippen molar-refractivity contribution in [2.75, 3.05) is 0 Å². The first kappa shape index (κ1) is 11.7. The molecule has 17 heavy (non-hydrogen) atoms. The number of hydrogen-bond donors (Lipinski definition) is 1. The fourth-order valence-corrected chi connectivity index (χ4v) is 2.09. The molecule has 1 heterocycles. The molecule has 4 heteroatoms. The summed E-state index contributed by atoms with van der Waals surface area (Å²) in [4.78, 5) is 15.5. The van der Waals surface area contributed by atoms with Gasteiger partial charge in [0.05, 0.1) is 4.91 Å². The Balaban J connectivity index is 2.11. The molecule has 1 amide bonds. The van der Waals surface area contributed by atoms with E-state index in [9.17, 15) is 4.79 Å². The maximum absolute atomic E-state index is 11.3. The van der Waals surface area contributed by atoms with Gasteiger partial charge in [-0.2, -0.15) is 4.99 Å². The Kier molecular flexibility index (Phi) is 3.44. The molecule has 1 aliphatic rings. The SMILES string of the molecule is Cc1ccccc1/C=C/C=C1/SC(N)=NC1=O. The minimum atomic E-state index is -0.262. The van der Waals surface area contributed by atoms with Crippen molar-refractivity contribution in [2.45, 2.75) is 6.92 Å². The van der Waals surface area contributed by atoms with Gasteiger partial charge < -0.3 is 5.73 Å². The molecule has 0 bridgehead atoms. The Labute approximate surface area is 104 Å². The third-order valence-electron chi connectivity index (χ3n) is 2.35. The van der Waals surface area contributed by atoms with Crippen LogP contribution in [-0.4, -0.2) is 11.1 Å². The average Bonchev–Trinajstić information content (AvgIpc) is 2.60. The van der Waals surface area contributed by atoms with E-state index in [1.807, 2.05) is 43.3 Å². The molecule has 2 rings (SSSR count). The third-order valence-corrected chi connectivity index (χ3v) is 3.18. The van der Waals surface area contributed by atoms with Crippen LogP contribution in [0.3, 0.4) is 0 Å². The van der Waals surface area contributed by atoms with Crippen molar-refractivity contribution >= 4 is 28.9 Å². The van der Waals surface area contributed by atoms with Crippen molar-refractivity contribution in [3.8, 4) is 0 Å². The highest BCUT2D eigenvalue weighted by Gasteiger charge is 2.18. The molecule has 3 nitrogen and oxygen atoms in total. The van der Waals surface area contributed by atoms with Gasteiger partial charge >= 0.3 is 0 Å². The number of allylic oxidation sites excluding steroid dienone is 2. The Morgan fingerprint density at radius 2 is 2.12 bits per heavy atom. The highest BCUT2D eigenvalue weighted by atomic mass is 32.2. The van der Waals surface area contributed by atoms with E-state index in [-0.39, 0.29) is 5.91 Å². The maximum atomic E-state index is 11.3. The van der Waals surface area contributed by atoms with E-state index in [4.69, 9.17) is 5.73 Å². The fourth-order valence-electron chi connectivity index (χ4n) is 1.45. The summed E-state index contributed by atoms with van der Waals surface area (Å²) in [5.74, 6) is -0.262. The molecule has 1 aromatic rings. The number of benzene rings is 1. The second-order valence-electron chi connectivity index (χ2n) is 3.60. The van der Waals surface area contributed by atoms with Gasteiger partial charge in [-0.25, -0.2) is 0 Å². The Hall–Kier alpha value is -1.81. The van der Waals surface area contributed by atoms with Crippen LogP contribution in [0.4, 0.5) is 0 Å². The van der Waals surface area contributed by atoms with Crippen LogP contribution in [-0.2, 0) is 4.79 Å². The lowest BCUT2D eigenvalue weighted by atomic mass is 10.1. The molecular weight excluding hydrogens is 232 g/mol. The van der Waals surface area contributed by atoms with Gasteiger partial charge in [0.25, 0.3) is 5.91 Å². The van der Waals surface area contributed by atoms with Crippen LogP contribution in [0.5, 0.6) is 0 Å². The second-order valence-corrected chi connectivity index (χ2v) is 4.67. The van der Waals surface area contributed by atoms with E-state index in [2.05, 4.69) is 4.99 Å². The van der Waals surface area contributed by atoms with Gasteiger partial charge in [0.15, 0.2) is 5.17 Å². The smallest absolute Gasteiger partial charge is 0.286 e. The van der Waals surface area contributed by atoms with E-state index < -0.39 is 0 Å². The van der Waals surface area contributed by atoms with Crippen LogP contribution < -0.4 is 5.73 Å². The van der Waals surface area contributed by atoms with Crippen LogP contribution in [0, 0.1) is 6.92 Å². The molecular formula is C13H12N2OS. The number of carbonyl (C=O) groups excluding carboxylic acids is 1. The van der Waals surface area contributed by atoms with Crippen molar-refractivity contribution < 1.29 is 4.79 Å². The molecule has 86 valence electrons. The van der Waals surface area contributed by atoms with Crippen LogP contribution in [0.15, 0.2) is 46.3 Å². The number of thioether (sulfide) groups is 1. The molecule has 2 N–H and O–H groups in total. The first-order valence-electron chi connectivity index (χ1n) is 5.17. The van der Waals surface area contributed by atoms with Gasteiger partial charge in [0.1, 0.15) is 0 Å². The summed E-state index contributed by atoms with van der Waals surface area (Å²) >= 11 is 1.20. The van der Waals surface area contributed by atoms with Crippen LogP contribution in [0.25, 0.3) is 6.08 Å². The van der Waals surface area contributed by atoms with Gasteiger partial charge in [0.2, 0.25) is 0 Å². The van der Waals surface area contributed by atoms with Crippen molar-refractivity contribution in [3.05, 3.63) is 52.4 Å². The predicted molar refractivity (Wildman–Crippen MR) is 72.5 cm³/mol. The zero-order valence-electron chi connectivity index (χ0n) is 9.38. The number of amides is 1. The molecule has 0 atom stereocenters. The zero-order valence-corrected chi connectivity index (χ0v) is 10.2. The Bertz CT molecular complexity index is 544. The number of aryl methyl sites for hydroxylation is 1. The Morgan fingerprint density at radius 3 is 2.76 bits per heavy atom. The molecule has 0 spiro atoms. The predicted octanol–water partition coefficient (Wildman–Crippen LogP) is 2.48. The van der Waals surface area contributed by atoms with Crippen LogP contribution in [0.2, 0.25) is 0 Å². The van der Waals surface area contributed by atoms with Crippen LogP contribution in [0.1, 0.15) is 11.1 Å². The molecule has 0 radical (unpaired) electrons. The van der Waals surface area contributed by atoms with E-state index in [0.717, 1.165) is 5.56 Å². The lowest BCUT2D eigenvalue weighted by Gasteiger charge is -1.97. The summed E-state index contributed by atoms with van der Waals surface area (Å²) in [6.07, 6.45) is 5.55. The molecule has 1 aromatic carbocycles. The number of hydrogen-bond acceptors (Lipinski definition) is 3. The monoisotopic (exact) mass is 244 g/mol.